The smallest absolute Gasteiger partial charge is 0.257 e. The summed E-state index contributed by atoms with van der Waals surface area (Å²) in [4.78, 5) is 21.3. The first kappa shape index (κ1) is 19.1. The van der Waals surface area contributed by atoms with E-state index in [1.165, 1.54) is 0 Å². The van der Waals surface area contributed by atoms with Crippen LogP contribution in [0.4, 0.5) is 0 Å². The minimum atomic E-state index is -0.288. The first-order valence-corrected chi connectivity index (χ1v) is 9.86. The molecule has 1 amide bonds. The summed E-state index contributed by atoms with van der Waals surface area (Å²) >= 11 is 1.57. The van der Waals surface area contributed by atoms with E-state index in [0.29, 0.717) is 30.3 Å². The van der Waals surface area contributed by atoms with Crippen molar-refractivity contribution in [3.8, 4) is 16.6 Å². The molecule has 0 aliphatic rings. The largest absolute Gasteiger partial charge is 0.475 e. The van der Waals surface area contributed by atoms with E-state index in [1.807, 2.05) is 36.4 Å². The van der Waals surface area contributed by atoms with Crippen LogP contribution in [-0.2, 0) is 11.3 Å². The number of furan rings is 1. The van der Waals surface area contributed by atoms with Crippen LogP contribution in [-0.4, -0.2) is 36.2 Å². The lowest BCUT2D eigenvalue weighted by molar-refractivity contribution is 0.0938. The van der Waals surface area contributed by atoms with E-state index in [1.54, 1.807) is 36.8 Å². The van der Waals surface area contributed by atoms with Gasteiger partial charge in [-0.05, 0) is 36.4 Å². The van der Waals surface area contributed by atoms with Gasteiger partial charge in [0.2, 0.25) is 5.88 Å². The highest BCUT2D eigenvalue weighted by Crippen LogP contribution is 2.31. The summed E-state index contributed by atoms with van der Waals surface area (Å²) in [6.45, 7) is 0.978. The van der Waals surface area contributed by atoms with Gasteiger partial charge in [0.1, 0.15) is 17.9 Å². The number of aromatic nitrogens is 2. The molecule has 0 fully saturated rings. The highest BCUT2D eigenvalue weighted by atomic mass is 32.1. The van der Waals surface area contributed by atoms with Crippen LogP contribution >= 0.6 is 11.3 Å². The molecule has 0 aliphatic carbocycles. The monoisotopic (exact) mass is 409 g/mol. The summed E-state index contributed by atoms with van der Waals surface area (Å²) in [5.74, 6) is 1.30. The van der Waals surface area contributed by atoms with Gasteiger partial charge >= 0.3 is 0 Å². The third-order valence-electron chi connectivity index (χ3n) is 4.13. The minimum absolute atomic E-state index is 0.246. The molecule has 0 atom stereocenters. The Bertz CT molecular complexity index is 1090. The summed E-state index contributed by atoms with van der Waals surface area (Å²) in [5.41, 5.74) is 1.30. The van der Waals surface area contributed by atoms with Crippen molar-refractivity contribution in [2.75, 3.05) is 20.3 Å². The third-order valence-corrected chi connectivity index (χ3v) is 5.18. The Balaban J connectivity index is 1.42. The van der Waals surface area contributed by atoms with Crippen molar-refractivity contribution in [1.82, 2.24) is 15.3 Å². The van der Waals surface area contributed by atoms with Crippen molar-refractivity contribution >= 4 is 27.5 Å². The van der Waals surface area contributed by atoms with Crippen LogP contribution in [0, 0.1) is 0 Å². The summed E-state index contributed by atoms with van der Waals surface area (Å²) in [7, 11) is 1.58. The van der Waals surface area contributed by atoms with Gasteiger partial charge in [-0.1, -0.05) is 12.1 Å². The molecule has 7 nitrogen and oxygen atoms in total. The molecule has 1 aromatic carbocycles. The molecule has 4 aromatic rings. The van der Waals surface area contributed by atoms with E-state index in [2.05, 4.69) is 15.3 Å². The normalized spacial score (nSPS) is 10.9. The van der Waals surface area contributed by atoms with Crippen molar-refractivity contribution in [3.63, 3.8) is 0 Å². The molecule has 1 N–H and O–H groups in total. The molecule has 0 aliphatic heterocycles. The average Bonchev–Trinajstić information content (AvgIpc) is 3.39. The van der Waals surface area contributed by atoms with Crippen molar-refractivity contribution in [1.29, 1.82) is 0 Å². The zero-order valence-corrected chi connectivity index (χ0v) is 16.6. The molecule has 3 aromatic heterocycles. The number of fused-ring (bicyclic) bond motifs is 1. The highest BCUT2D eigenvalue weighted by molar-refractivity contribution is 7.21. The Morgan fingerprint density at radius 2 is 2.03 bits per heavy atom. The number of nitrogens with zero attached hydrogens (tertiary/aromatic N) is 2. The molecule has 0 saturated heterocycles. The van der Waals surface area contributed by atoms with E-state index >= 15 is 0 Å². The summed E-state index contributed by atoms with van der Waals surface area (Å²) < 4.78 is 17.4. The molecule has 148 valence electrons. The van der Waals surface area contributed by atoms with Crippen LogP contribution in [0.3, 0.4) is 0 Å². The van der Waals surface area contributed by atoms with E-state index in [-0.39, 0.29) is 18.3 Å². The maximum absolute atomic E-state index is 12.6. The maximum atomic E-state index is 12.6. The van der Waals surface area contributed by atoms with Gasteiger partial charge < -0.3 is 19.2 Å². The van der Waals surface area contributed by atoms with Gasteiger partial charge in [0.25, 0.3) is 5.91 Å². The fourth-order valence-corrected chi connectivity index (χ4v) is 3.66. The first-order chi connectivity index (χ1) is 14.2. The second kappa shape index (κ2) is 8.85. The number of rotatable bonds is 8. The number of methoxy groups -OCH3 is 1. The Morgan fingerprint density at radius 3 is 2.90 bits per heavy atom. The fraction of sp³-hybridized carbons (Fsp3) is 0.190. The number of benzene rings is 1. The second-order valence-electron chi connectivity index (χ2n) is 6.13. The molecule has 8 heteroatoms. The quantitative estimate of drug-likeness (QED) is 0.444. The molecule has 29 heavy (non-hydrogen) atoms. The molecule has 0 saturated carbocycles. The number of para-hydroxylation sites is 1. The van der Waals surface area contributed by atoms with Crippen molar-refractivity contribution in [2.24, 2.45) is 0 Å². The lowest BCUT2D eigenvalue weighted by Crippen LogP contribution is -2.23. The number of ether oxygens (including phenoxy) is 2. The van der Waals surface area contributed by atoms with Gasteiger partial charge in [0.15, 0.2) is 10.8 Å². The molecule has 0 unspecified atom stereocenters. The number of nitrogens with one attached hydrogen (secondary N) is 1. The molecule has 0 bridgehead atoms. The number of hydrogen-bond acceptors (Lipinski definition) is 7. The van der Waals surface area contributed by atoms with Gasteiger partial charge in [-0.2, -0.15) is 0 Å². The van der Waals surface area contributed by atoms with Gasteiger partial charge in [-0.25, -0.2) is 9.97 Å². The lowest BCUT2D eigenvalue weighted by Gasteiger charge is -2.09. The van der Waals surface area contributed by atoms with Crippen LogP contribution in [0.5, 0.6) is 5.88 Å². The zero-order valence-electron chi connectivity index (χ0n) is 15.8. The van der Waals surface area contributed by atoms with Crippen LogP contribution in [0.25, 0.3) is 21.0 Å². The lowest BCUT2D eigenvalue weighted by atomic mass is 10.2. The SMILES string of the molecule is COCCOc1ncccc1C(=O)NCc1ccc(-c2nc3ccccc3s2)o1. The number of carbonyl (C=O) groups excluding carboxylic acids is 1. The molecule has 0 radical (unpaired) electrons. The summed E-state index contributed by atoms with van der Waals surface area (Å²) in [5, 5.41) is 3.65. The highest BCUT2D eigenvalue weighted by Gasteiger charge is 2.15. The van der Waals surface area contributed by atoms with E-state index in [4.69, 9.17) is 13.9 Å². The Labute approximate surface area is 171 Å². The predicted molar refractivity (Wildman–Crippen MR) is 110 cm³/mol. The topological polar surface area (TPSA) is 86.5 Å². The Morgan fingerprint density at radius 1 is 1.14 bits per heavy atom. The molecular formula is C21H19N3O4S. The van der Waals surface area contributed by atoms with Crippen LogP contribution in [0.1, 0.15) is 16.1 Å². The number of pyridine rings is 1. The summed E-state index contributed by atoms with van der Waals surface area (Å²) in [6.07, 6.45) is 1.58. The molecule has 0 spiro atoms. The summed E-state index contributed by atoms with van der Waals surface area (Å²) in [6, 6.07) is 15.0. The fourth-order valence-electron chi connectivity index (χ4n) is 2.73. The van der Waals surface area contributed by atoms with Gasteiger partial charge in [0.05, 0.1) is 23.4 Å². The number of amides is 1. The number of thiazole rings is 1. The van der Waals surface area contributed by atoms with Crippen molar-refractivity contribution < 1.29 is 18.7 Å². The number of carbonyl (C=O) groups is 1. The van der Waals surface area contributed by atoms with Gasteiger partial charge in [-0.15, -0.1) is 11.3 Å². The van der Waals surface area contributed by atoms with E-state index in [0.717, 1.165) is 15.2 Å². The zero-order chi connectivity index (χ0) is 20.1. The Hall–Kier alpha value is -3.23. The Kier molecular flexibility index (Phi) is 5.83. The predicted octanol–water partition coefficient (Wildman–Crippen LogP) is 3.91. The molecular weight excluding hydrogens is 390 g/mol. The van der Waals surface area contributed by atoms with Gasteiger partial charge in [-0.3, -0.25) is 4.79 Å². The van der Waals surface area contributed by atoms with Crippen LogP contribution in [0.2, 0.25) is 0 Å². The van der Waals surface area contributed by atoms with Crippen molar-refractivity contribution in [2.45, 2.75) is 6.54 Å². The van der Waals surface area contributed by atoms with Crippen LogP contribution < -0.4 is 10.1 Å². The first-order valence-electron chi connectivity index (χ1n) is 9.04. The second-order valence-corrected chi connectivity index (χ2v) is 7.16. The van der Waals surface area contributed by atoms with E-state index in [9.17, 15) is 4.79 Å². The minimum Gasteiger partial charge on any atom is -0.475 e. The molecule has 3 heterocycles. The number of hydrogen-bond donors (Lipinski definition) is 1. The van der Waals surface area contributed by atoms with Crippen LogP contribution in [0.15, 0.2) is 59.1 Å². The standard InChI is InChI=1S/C21H19N3O4S/c1-26-11-12-27-20-15(5-4-10-22-20)19(25)23-13-14-8-9-17(28-14)21-24-16-6-2-3-7-18(16)29-21/h2-10H,11-13H2,1H3,(H,23,25). The van der Waals surface area contributed by atoms with Gasteiger partial charge in [0, 0.05) is 13.3 Å². The van der Waals surface area contributed by atoms with Crippen molar-refractivity contribution in [3.05, 3.63) is 66.1 Å². The maximum Gasteiger partial charge on any atom is 0.257 e. The average molecular weight is 409 g/mol. The molecule has 4 rings (SSSR count). The van der Waals surface area contributed by atoms with E-state index < -0.39 is 0 Å². The third kappa shape index (κ3) is 4.44.